The first kappa shape index (κ1) is 18.2. The van der Waals surface area contributed by atoms with E-state index in [0.29, 0.717) is 23.0 Å². The summed E-state index contributed by atoms with van der Waals surface area (Å²) in [6.45, 7) is 4.41. The van der Waals surface area contributed by atoms with Gasteiger partial charge in [0.2, 0.25) is 5.91 Å². The van der Waals surface area contributed by atoms with Crippen LogP contribution in [0.5, 0.6) is 0 Å². The molecule has 0 unspecified atom stereocenters. The van der Waals surface area contributed by atoms with E-state index < -0.39 is 0 Å². The van der Waals surface area contributed by atoms with Gasteiger partial charge in [0.1, 0.15) is 0 Å². The molecule has 3 aromatic rings. The van der Waals surface area contributed by atoms with Crippen LogP contribution in [-0.4, -0.2) is 26.2 Å². The molecular formula is C19H17ClN4OS. The predicted octanol–water partition coefficient (Wildman–Crippen LogP) is 4.37. The molecule has 5 nitrogen and oxygen atoms in total. The normalized spacial score (nSPS) is 11.3. The number of rotatable bonds is 5. The van der Waals surface area contributed by atoms with Crippen LogP contribution in [0.25, 0.3) is 11.0 Å². The molecule has 1 amide bonds. The molecule has 0 bridgehead atoms. The van der Waals surface area contributed by atoms with Crippen molar-refractivity contribution in [1.29, 1.82) is 5.26 Å². The first-order valence-electron chi connectivity index (χ1n) is 8.08. The molecule has 2 heterocycles. The monoisotopic (exact) mass is 384 g/mol. The Morgan fingerprint density at radius 2 is 2.15 bits per heavy atom. The predicted molar refractivity (Wildman–Crippen MR) is 104 cm³/mol. The molecule has 0 fully saturated rings. The first-order chi connectivity index (χ1) is 12.5. The summed E-state index contributed by atoms with van der Waals surface area (Å²) in [7, 11) is 0. The van der Waals surface area contributed by atoms with Gasteiger partial charge in [-0.25, -0.2) is 4.98 Å². The second-order valence-corrected chi connectivity index (χ2v) is 7.28. The molecule has 0 aliphatic heterocycles. The lowest BCUT2D eigenvalue weighted by atomic mass is 10.1. The largest absolute Gasteiger partial charge is 0.332 e. The van der Waals surface area contributed by atoms with Gasteiger partial charge in [-0.1, -0.05) is 23.7 Å². The van der Waals surface area contributed by atoms with Gasteiger partial charge in [-0.3, -0.25) is 9.20 Å². The number of carbonyl (C=O) groups excluding carboxylic acids is 1. The lowest BCUT2D eigenvalue weighted by molar-refractivity contribution is -0.128. The maximum absolute atomic E-state index is 12.7. The van der Waals surface area contributed by atoms with E-state index in [9.17, 15) is 4.79 Å². The zero-order chi connectivity index (χ0) is 18.7. The number of benzene rings is 1. The number of fused-ring (bicyclic) bond motifs is 1. The van der Waals surface area contributed by atoms with E-state index in [-0.39, 0.29) is 11.9 Å². The van der Waals surface area contributed by atoms with Crippen molar-refractivity contribution >= 4 is 39.9 Å². The number of aromatic nitrogens is 2. The van der Waals surface area contributed by atoms with Crippen LogP contribution in [-0.2, 0) is 11.3 Å². The number of nitriles is 1. The molecule has 0 radical (unpaired) electrons. The maximum Gasteiger partial charge on any atom is 0.247 e. The molecule has 0 saturated heterocycles. The number of hydrogen-bond acceptors (Lipinski definition) is 4. The summed E-state index contributed by atoms with van der Waals surface area (Å²) >= 11 is 7.65. The summed E-state index contributed by atoms with van der Waals surface area (Å²) in [5, 5.41) is 11.2. The number of halogens is 1. The minimum atomic E-state index is -0.106. The SMILES string of the molecule is CC(C)N(Cc1ccc(C#N)cc1)C(=O)/C=C/c1c(Cl)nc2sccn12. The minimum absolute atomic E-state index is 0.0323. The van der Waals surface area contributed by atoms with Gasteiger partial charge in [-0.05, 0) is 37.6 Å². The number of imidazole rings is 1. The highest BCUT2D eigenvalue weighted by atomic mass is 35.5. The second kappa shape index (κ2) is 7.73. The molecule has 0 atom stereocenters. The average Bonchev–Trinajstić information content (AvgIpc) is 3.18. The lowest BCUT2D eigenvalue weighted by Crippen LogP contribution is -2.35. The standard InChI is InChI=1S/C19H17ClN4OS/c1-13(2)24(12-15-5-3-14(11-21)4-6-15)17(25)8-7-16-18(20)22-19-23(16)9-10-26-19/h3-10,13H,12H2,1-2H3/b8-7+. The van der Waals surface area contributed by atoms with Crippen LogP contribution in [0.1, 0.15) is 30.7 Å². The van der Waals surface area contributed by atoms with E-state index in [2.05, 4.69) is 11.1 Å². The van der Waals surface area contributed by atoms with Crippen LogP contribution >= 0.6 is 22.9 Å². The summed E-state index contributed by atoms with van der Waals surface area (Å²) in [6, 6.07) is 9.38. The highest BCUT2D eigenvalue weighted by Crippen LogP contribution is 2.22. The molecular weight excluding hydrogens is 368 g/mol. The fraction of sp³-hybridized carbons (Fsp3) is 0.211. The third-order valence-corrected chi connectivity index (χ3v) is 5.02. The Morgan fingerprint density at radius 3 is 2.81 bits per heavy atom. The van der Waals surface area contributed by atoms with Gasteiger partial charge in [-0.15, -0.1) is 11.3 Å². The Morgan fingerprint density at radius 1 is 1.42 bits per heavy atom. The van der Waals surface area contributed by atoms with Crippen LogP contribution in [0.3, 0.4) is 0 Å². The average molecular weight is 385 g/mol. The fourth-order valence-electron chi connectivity index (χ4n) is 2.57. The minimum Gasteiger partial charge on any atom is -0.332 e. The molecule has 0 aliphatic carbocycles. The molecule has 0 N–H and O–H groups in total. The van der Waals surface area contributed by atoms with Crippen molar-refractivity contribution in [3.8, 4) is 6.07 Å². The van der Waals surface area contributed by atoms with Gasteiger partial charge in [-0.2, -0.15) is 5.26 Å². The summed E-state index contributed by atoms with van der Waals surface area (Å²) in [6.07, 6.45) is 5.10. The van der Waals surface area contributed by atoms with Gasteiger partial charge in [0.15, 0.2) is 10.1 Å². The van der Waals surface area contributed by atoms with Crippen molar-refractivity contribution in [2.75, 3.05) is 0 Å². The van der Waals surface area contributed by atoms with Gasteiger partial charge in [0, 0.05) is 30.2 Å². The van der Waals surface area contributed by atoms with E-state index in [0.717, 1.165) is 10.5 Å². The van der Waals surface area contributed by atoms with Crippen molar-refractivity contribution in [3.05, 3.63) is 63.9 Å². The Balaban J connectivity index is 1.79. The summed E-state index contributed by atoms with van der Waals surface area (Å²) < 4.78 is 1.86. The molecule has 132 valence electrons. The van der Waals surface area contributed by atoms with Gasteiger partial charge in [0.25, 0.3) is 0 Å². The van der Waals surface area contributed by atoms with Crippen LogP contribution < -0.4 is 0 Å². The second-order valence-electron chi connectivity index (χ2n) is 6.05. The topological polar surface area (TPSA) is 61.4 Å². The van der Waals surface area contributed by atoms with E-state index in [1.165, 1.54) is 17.4 Å². The molecule has 7 heteroatoms. The fourth-order valence-corrected chi connectivity index (χ4v) is 3.57. The molecule has 3 rings (SSSR count). The molecule has 2 aromatic heterocycles. The molecule has 0 spiro atoms. The van der Waals surface area contributed by atoms with Gasteiger partial charge < -0.3 is 4.90 Å². The Labute approximate surface area is 160 Å². The van der Waals surface area contributed by atoms with Crippen molar-refractivity contribution in [2.45, 2.75) is 26.4 Å². The number of thiazole rings is 1. The van der Waals surface area contributed by atoms with Crippen molar-refractivity contribution in [1.82, 2.24) is 14.3 Å². The Bertz CT molecular complexity index is 995. The number of nitrogens with zero attached hydrogens (tertiary/aromatic N) is 4. The van der Waals surface area contributed by atoms with Crippen molar-refractivity contribution in [2.24, 2.45) is 0 Å². The lowest BCUT2D eigenvalue weighted by Gasteiger charge is -2.25. The van der Waals surface area contributed by atoms with Crippen LogP contribution in [0, 0.1) is 11.3 Å². The first-order valence-corrected chi connectivity index (χ1v) is 9.34. The van der Waals surface area contributed by atoms with Gasteiger partial charge >= 0.3 is 0 Å². The van der Waals surface area contributed by atoms with E-state index >= 15 is 0 Å². The molecule has 1 aromatic carbocycles. The van der Waals surface area contributed by atoms with E-state index in [1.807, 2.05) is 42.0 Å². The van der Waals surface area contributed by atoms with Crippen LogP contribution in [0.2, 0.25) is 5.15 Å². The zero-order valence-corrected chi connectivity index (χ0v) is 16.0. The number of carbonyl (C=O) groups is 1. The Hall–Kier alpha value is -2.62. The Kier molecular flexibility index (Phi) is 5.40. The molecule has 0 saturated carbocycles. The highest BCUT2D eigenvalue weighted by Gasteiger charge is 2.16. The molecule has 0 aliphatic rings. The summed E-state index contributed by atoms with van der Waals surface area (Å²) in [5.41, 5.74) is 2.27. The summed E-state index contributed by atoms with van der Waals surface area (Å²) in [5.74, 6) is -0.106. The van der Waals surface area contributed by atoms with E-state index in [1.54, 1.807) is 23.1 Å². The third-order valence-electron chi connectivity index (χ3n) is 3.98. The van der Waals surface area contributed by atoms with Crippen LogP contribution in [0.4, 0.5) is 0 Å². The maximum atomic E-state index is 12.7. The van der Waals surface area contributed by atoms with Crippen molar-refractivity contribution in [3.63, 3.8) is 0 Å². The third kappa shape index (κ3) is 3.79. The smallest absolute Gasteiger partial charge is 0.247 e. The number of hydrogen-bond donors (Lipinski definition) is 0. The zero-order valence-electron chi connectivity index (χ0n) is 14.4. The van der Waals surface area contributed by atoms with Gasteiger partial charge in [0.05, 0.1) is 17.3 Å². The quantitative estimate of drug-likeness (QED) is 0.613. The molecule has 26 heavy (non-hydrogen) atoms. The van der Waals surface area contributed by atoms with Crippen molar-refractivity contribution < 1.29 is 4.79 Å². The highest BCUT2D eigenvalue weighted by molar-refractivity contribution is 7.15. The van der Waals surface area contributed by atoms with Crippen LogP contribution in [0.15, 0.2) is 41.9 Å². The van der Waals surface area contributed by atoms with E-state index in [4.69, 9.17) is 16.9 Å². The number of amides is 1. The summed E-state index contributed by atoms with van der Waals surface area (Å²) in [4.78, 5) is 19.5.